The number of nitro groups is 1. The van der Waals surface area contributed by atoms with E-state index in [4.69, 9.17) is 0 Å². The molecule has 0 amide bonds. The monoisotopic (exact) mass is 189 g/mol. The van der Waals surface area contributed by atoms with Crippen LogP contribution in [-0.4, -0.2) is 4.92 Å². The number of benzene rings is 2. The van der Waals surface area contributed by atoms with Crippen molar-refractivity contribution in [1.29, 1.82) is 0 Å². The largest absolute Gasteiger partial charge is 0.277 e. The fourth-order valence-electron chi connectivity index (χ4n) is 1.37. The molecule has 2 aromatic carbocycles. The van der Waals surface area contributed by atoms with Crippen LogP contribution in [0.25, 0.3) is 10.8 Å². The van der Waals surface area contributed by atoms with Crippen molar-refractivity contribution in [3.63, 3.8) is 0 Å². The molecule has 0 fully saturated rings. The zero-order valence-corrected chi connectivity index (χ0v) is 6.81. The summed E-state index contributed by atoms with van der Waals surface area (Å²) in [6.07, 6.45) is 0. The molecule has 0 heterocycles. The Morgan fingerprint density at radius 2 is 1.64 bits per heavy atom. The Labute approximate surface area is 82.1 Å². The maximum Gasteiger partial charge on any atom is 0.277 e. The quantitative estimate of drug-likeness (QED) is 0.509. The van der Waals surface area contributed by atoms with Crippen LogP contribution in [0.1, 0.15) is 7.43 Å². The summed E-state index contributed by atoms with van der Waals surface area (Å²) < 4.78 is 0. The van der Waals surface area contributed by atoms with Crippen molar-refractivity contribution in [1.82, 2.24) is 0 Å². The molecule has 0 aliphatic rings. The Kier molecular flexibility index (Phi) is 2.82. The normalized spacial score (nSPS) is 9.43. The van der Waals surface area contributed by atoms with Crippen molar-refractivity contribution in [3.8, 4) is 0 Å². The van der Waals surface area contributed by atoms with Crippen LogP contribution >= 0.6 is 0 Å². The van der Waals surface area contributed by atoms with Gasteiger partial charge in [-0.15, -0.1) is 0 Å². The summed E-state index contributed by atoms with van der Waals surface area (Å²) in [5.41, 5.74) is 0.165. The average Bonchev–Trinajstić information content (AvgIpc) is 2.17. The summed E-state index contributed by atoms with van der Waals surface area (Å²) in [6.45, 7) is 0. The minimum Gasteiger partial charge on any atom is -0.258 e. The van der Waals surface area contributed by atoms with Crippen LogP contribution < -0.4 is 0 Å². The van der Waals surface area contributed by atoms with Gasteiger partial charge in [0, 0.05) is 6.07 Å². The molecule has 0 spiro atoms. The van der Waals surface area contributed by atoms with Gasteiger partial charge in [0.1, 0.15) is 0 Å². The molecule has 0 radical (unpaired) electrons. The first kappa shape index (κ1) is 10.2. The van der Waals surface area contributed by atoms with Gasteiger partial charge >= 0.3 is 0 Å². The summed E-state index contributed by atoms with van der Waals surface area (Å²) in [5, 5.41) is 12.2. The zero-order chi connectivity index (χ0) is 9.26. The summed E-state index contributed by atoms with van der Waals surface area (Å²) in [4.78, 5) is 10.3. The Hall–Kier alpha value is -1.90. The van der Waals surface area contributed by atoms with E-state index in [1.165, 1.54) is 6.07 Å². The summed E-state index contributed by atoms with van der Waals surface area (Å²) in [6, 6.07) is 12.4. The second-order valence-electron chi connectivity index (χ2n) is 2.76. The molecular formula is C11H11NO2. The van der Waals surface area contributed by atoms with Gasteiger partial charge in [-0.3, -0.25) is 10.1 Å². The molecule has 0 N–H and O–H groups in total. The van der Waals surface area contributed by atoms with Gasteiger partial charge in [-0.05, 0) is 11.5 Å². The lowest BCUT2D eigenvalue weighted by molar-refractivity contribution is -0.383. The fraction of sp³-hybridized carbons (Fsp3) is 0.0909. The van der Waals surface area contributed by atoms with Gasteiger partial charge in [0.05, 0.1) is 10.3 Å². The van der Waals surface area contributed by atoms with E-state index in [9.17, 15) is 10.1 Å². The Morgan fingerprint density at radius 1 is 1.00 bits per heavy atom. The van der Waals surface area contributed by atoms with E-state index in [0.29, 0.717) is 5.39 Å². The van der Waals surface area contributed by atoms with Gasteiger partial charge < -0.3 is 0 Å². The van der Waals surface area contributed by atoms with Crippen LogP contribution in [0.3, 0.4) is 0 Å². The van der Waals surface area contributed by atoms with Gasteiger partial charge in [-0.25, -0.2) is 0 Å². The van der Waals surface area contributed by atoms with E-state index in [2.05, 4.69) is 0 Å². The van der Waals surface area contributed by atoms with E-state index in [1.807, 2.05) is 18.2 Å². The number of non-ortho nitro benzene ring substituents is 1. The number of hydrogen-bond acceptors (Lipinski definition) is 2. The molecule has 3 heteroatoms. The van der Waals surface area contributed by atoms with Gasteiger partial charge in [0.15, 0.2) is 0 Å². The molecule has 0 aliphatic carbocycles. The first-order valence-corrected chi connectivity index (χ1v) is 3.91. The molecule has 0 atom stereocenters. The first-order valence-electron chi connectivity index (χ1n) is 3.91. The maximum atomic E-state index is 10.6. The SMILES string of the molecule is C.O=[N+]([O-])c1cccc2ccccc12. The van der Waals surface area contributed by atoms with E-state index < -0.39 is 0 Å². The topological polar surface area (TPSA) is 43.1 Å². The predicted octanol–water partition coefficient (Wildman–Crippen LogP) is 3.38. The molecule has 0 aromatic heterocycles. The van der Waals surface area contributed by atoms with E-state index in [1.54, 1.807) is 18.2 Å². The summed E-state index contributed by atoms with van der Waals surface area (Å²) in [7, 11) is 0. The number of nitrogens with zero attached hydrogens (tertiary/aromatic N) is 1. The second kappa shape index (κ2) is 3.87. The van der Waals surface area contributed by atoms with E-state index in [0.717, 1.165) is 5.39 Å². The zero-order valence-electron chi connectivity index (χ0n) is 6.81. The third kappa shape index (κ3) is 1.57. The molecular weight excluding hydrogens is 178 g/mol. The highest BCUT2D eigenvalue weighted by Crippen LogP contribution is 2.24. The van der Waals surface area contributed by atoms with Crippen molar-refractivity contribution in [2.75, 3.05) is 0 Å². The van der Waals surface area contributed by atoms with Gasteiger partial charge in [0.2, 0.25) is 0 Å². The third-order valence-electron chi connectivity index (χ3n) is 1.96. The molecule has 0 bridgehead atoms. The van der Waals surface area contributed by atoms with Gasteiger partial charge in [-0.2, -0.15) is 0 Å². The smallest absolute Gasteiger partial charge is 0.258 e. The number of nitro benzene ring substituents is 1. The average molecular weight is 189 g/mol. The molecule has 0 saturated carbocycles. The van der Waals surface area contributed by atoms with Gasteiger partial charge in [-0.1, -0.05) is 37.8 Å². The van der Waals surface area contributed by atoms with E-state index in [-0.39, 0.29) is 18.0 Å². The van der Waals surface area contributed by atoms with Gasteiger partial charge in [0.25, 0.3) is 5.69 Å². The van der Waals surface area contributed by atoms with Crippen molar-refractivity contribution in [3.05, 3.63) is 52.6 Å². The Balaban J connectivity index is 0.000000980. The maximum absolute atomic E-state index is 10.6. The number of hydrogen-bond donors (Lipinski definition) is 0. The Bertz CT molecular complexity index is 460. The molecule has 0 saturated heterocycles. The molecule has 72 valence electrons. The Morgan fingerprint density at radius 3 is 2.36 bits per heavy atom. The van der Waals surface area contributed by atoms with Crippen molar-refractivity contribution >= 4 is 16.5 Å². The molecule has 2 rings (SSSR count). The predicted molar refractivity (Wildman–Crippen MR) is 57.3 cm³/mol. The molecule has 0 aliphatic heterocycles. The van der Waals surface area contributed by atoms with E-state index >= 15 is 0 Å². The lowest BCUT2D eigenvalue weighted by Crippen LogP contribution is -1.88. The highest BCUT2D eigenvalue weighted by molar-refractivity contribution is 5.90. The van der Waals surface area contributed by atoms with Crippen molar-refractivity contribution in [2.24, 2.45) is 0 Å². The second-order valence-corrected chi connectivity index (χ2v) is 2.76. The standard InChI is InChI=1S/C10H7NO2.CH4/c12-11(13)10-7-3-5-8-4-1-2-6-9(8)10;/h1-7H;1H4. The lowest BCUT2D eigenvalue weighted by Gasteiger charge is -1.97. The van der Waals surface area contributed by atoms with Crippen LogP contribution in [-0.2, 0) is 0 Å². The van der Waals surface area contributed by atoms with Crippen LogP contribution in [0.15, 0.2) is 42.5 Å². The van der Waals surface area contributed by atoms with Crippen molar-refractivity contribution in [2.45, 2.75) is 7.43 Å². The highest BCUT2D eigenvalue weighted by atomic mass is 16.6. The number of rotatable bonds is 1. The summed E-state index contributed by atoms with van der Waals surface area (Å²) in [5.74, 6) is 0. The first-order chi connectivity index (χ1) is 6.29. The third-order valence-corrected chi connectivity index (χ3v) is 1.96. The van der Waals surface area contributed by atoms with Crippen molar-refractivity contribution < 1.29 is 4.92 Å². The highest BCUT2D eigenvalue weighted by Gasteiger charge is 2.08. The lowest BCUT2D eigenvalue weighted by atomic mass is 10.1. The van der Waals surface area contributed by atoms with Crippen LogP contribution in [0.4, 0.5) is 5.69 Å². The van der Waals surface area contributed by atoms with Crippen LogP contribution in [0.2, 0.25) is 0 Å². The fourth-order valence-corrected chi connectivity index (χ4v) is 1.37. The molecule has 14 heavy (non-hydrogen) atoms. The molecule has 0 unspecified atom stereocenters. The molecule has 3 nitrogen and oxygen atoms in total. The molecule has 2 aromatic rings. The summed E-state index contributed by atoms with van der Waals surface area (Å²) >= 11 is 0. The minimum atomic E-state index is -0.359. The van der Waals surface area contributed by atoms with Crippen LogP contribution in [0, 0.1) is 10.1 Å². The minimum absolute atomic E-state index is 0. The number of fused-ring (bicyclic) bond motifs is 1. The van der Waals surface area contributed by atoms with Crippen LogP contribution in [0.5, 0.6) is 0 Å².